The Balaban J connectivity index is 1.55. The molecule has 3 aromatic carbocycles. The molecule has 0 saturated heterocycles. The van der Waals surface area contributed by atoms with Crippen LogP contribution in [0.3, 0.4) is 0 Å². The Kier molecular flexibility index (Phi) is 5.47. The van der Waals surface area contributed by atoms with Gasteiger partial charge in [-0.05, 0) is 66.2 Å². The van der Waals surface area contributed by atoms with Gasteiger partial charge in [0.15, 0.2) is 0 Å². The Morgan fingerprint density at radius 2 is 1.33 bits per heavy atom. The average molecular weight is 364 g/mol. The summed E-state index contributed by atoms with van der Waals surface area (Å²) in [5, 5.41) is 2.80. The highest BCUT2D eigenvalue weighted by Gasteiger charge is 2.07. The summed E-state index contributed by atoms with van der Waals surface area (Å²) < 4.78 is 18.5. The molecule has 0 heterocycles. The Morgan fingerprint density at radius 1 is 0.815 bits per heavy atom. The van der Waals surface area contributed by atoms with Gasteiger partial charge in [-0.3, -0.25) is 9.59 Å². The second-order valence-corrected chi connectivity index (χ2v) is 5.82. The lowest BCUT2D eigenvalue weighted by Crippen LogP contribution is -2.23. The van der Waals surface area contributed by atoms with E-state index >= 15 is 0 Å². The first-order valence-corrected chi connectivity index (χ1v) is 8.22. The third-order valence-corrected chi connectivity index (χ3v) is 3.86. The second kappa shape index (κ2) is 8.14. The number of nitrogens with two attached hydrogens (primary N) is 1. The minimum atomic E-state index is -0.537. The van der Waals surface area contributed by atoms with Crippen molar-refractivity contribution in [2.24, 2.45) is 5.73 Å². The topological polar surface area (TPSA) is 81.4 Å². The molecule has 0 aliphatic heterocycles. The van der Waals surface area contributed by atoms with Crippen molar-refractivity contribution in [1.29, 1.82) is 0 Å². The molecule has 0 spiro atoms. The first-order valence-electron chi connectivity index (χ1n) is 8.22. The molecule has 6 heteroatoms. The normalized spacial score (nSPS) is 10.3. The maximum absolute atomic E-state index is 12.9. The van der Waals surface area contributed by atoms with Crippen molar-refractivity contribution >= 4 is 11.8 Å². The summed E-state index contributed by atoms with van der Waals surface area (Å²) in [6.07, 6.45) is 0. The predicted molar refractivity (Wildman–Crippen MR) is 99.0 cm³/mol. The van der Waals surface area contributed by atoms with E-state index in [-0.39, 0.29) is 11.7 Å². The van der Waals surface area contributed by atoms with Crippen LogP contribution in [0.1, 0.15) is 26.3 Å². The number of amides is 2. The number of carbonyl (C=O) groups excluding carboxylic acids is 2. The maximum atomic E-state index is 12.9. The molecule has 0 bridgehead atoms. The van der Waals surface area contributed by atoms with E-state index in [9.17, 15) is 14.0 Å². The van der Waals surface area contributed by atoms with Crippen molar-refractivity contribution in [3.8, 4) is 11.5 Å². The van der Waals surface area contributed by atoms with E-state index in [4.69, 9.17) is 10.5 Å². The van der Waals surface area contributed by atoms with Gasteiger partial charge in [-0.2, -0.15) is 0 Å². The van der Waals surface area contributed by atoms with Crippen LogP contribution in [0, 0.1) is 5.82 Å². The predicted octanol–water partition coefficient (Wildman–Crippen LogP) is 3.65. The lowest BCUT2D eigenvalue weighted by molar-refractivity contribution is 0.0948. The van der Waals surface area contributed by atoms with Crippen molar-refractivity contribution in [2.45, 2.75) is 6.54 Å². The van der Waals surface area contributed by atoms with E-state index in [2.05, 4.69) is 5.32 Å². The number of halogens is 1. The minimum absolute atomic E-state index is 0.252. The summed E-state index contributed by atoms with van der Waals surface area (Å²) in [5.74, 6) is 0.0378. The molecule has 0 aliphatic rings. The summed E-state index contributed by atoms with van der Waals surface area (Å²) in [6.45, 7) is 0.341. The molecule has 27 heavy (non-hydrogen) atoms. The van der Waals surface area contributed by atoms with E-state index < -0.39 is 5.91 Å². The van der Waals surface area contributed by atoms with Gasteiger partial charge in [-0.1, -0.05) is 12.1 Å². The molecule has 3 rings (SSSR count). The molecular formula is C21H17FN2O3. The highest BCUT2D eigenvalue weighted by molar-refractivity contribution is 5.97. The summed E-state index contributed by atoms with van der Waals surface area (Å²) in [7, 11) is 0. The van der Waals surface area contributed by atoms with Gasteiger partial charge in [0.25, 0.3) is 5.91 Å². The number of carbonyl (C=O) groups is 2. The lowest BCUT2D eigenvalue weighted by atomic mass is 10.1. The van der Waals surface area contributed by atoms with Crippen LogP contribution in [0.15, 0.2) is 72.8 Å². The highest BCUT2D eigenvalue weighted by Crippen LogP contribution is 2.21. The lowest BCUT2D eigenvalue weighted by Gasteiger charge is -2.08. The van der Waals surface area contributed by atoms with Crippen molar-refractivity contribution in [1.82, 2.24) is 5.32 Å². The van der Waals surface area contributed by atoms with Crippen LogP contribution in [-0.4, -0.2) is 11.8 Å². The Labute approximate surface area is 155 Å². The number of ether oxygens (including phenoxy) is 1. The van der Waals surface area contributed by atoms with Crippen LogP contribution in [0.25, 0.3) is 0 Å². The standard InChI is InChI=1S/C21H17FN2O3/c22-17-7-11-19(12-8-17)27-18-9-1-14(2-10-18)13-24-21(26)16-5-3-15(4-6-16)20(23)25/h1-12H,13H2,(H2,23,25)(H,24,26). The molecular weight excluding hydrogens is 347 g/mol. The fourth-order valence-corrected chi connectivity index (χ4v) is 2.38. The molecule has 0 aliphatic carbocycles. The first-order chi connectivity index (χ1) is 13.0. The quantitative estimate of drug-likeness (QED) is 0.700. The number of benzene rings is 3. The molecule has 0 unspecified atom stereocenters. The third-order valence-electron chi connectivity index (χ3n) is 3.86. The number of primary amides is 1. The van der Waals surface area contributed by atoms with Crippen LogP contribution < -0.4 is 15.8 Å². The number of rotatable bonds is 6. The summed E-state index contributed by atoms with van der Waals surface area (Å²) in [5.41, 5.74) is 6.86. The molecule has 0 fully saturated rings. The summed E-state index contributed by atoms with van der Waals surface area (Å²) in [6, 6.07) is 19.1. The van der Waals surface area contributed by atoms with Crippen molar-refractivity contribution < 1.29 is 18.7 Å². The van der Waals surface area contributed by atoms with Crippen molar-refractivity contribution in [3.63, 3.8) is 0 Å². The fraction of sp³-hybridized carbons (Fsp3) is 0.0476. The molecule has 5 nitrogen and oxygen atoms in total. The number of nitrogens with one attached hydrogen (secondary N) is 1. The SMILES string of the molecule is NC(=O)c1ccc(C(=O)NCc2ccc(Oc3ccc(F)cc3)cc2)cc1. The van der Waals surface area contributed by atoms with Crippen LogP contribution in [0.4, 0.5) is 4.39 Å². The molecule has 3 aromatic rings. The van der Waals surface area contributed by atoms with E-state index in [1.165, 1.54) is 24.3 Å². The zero-order chi connectivity index (χ0) is 19.2. The van der Waals surface area contributed by atoms with Crippen LogP contribution in [0.2, 0.25) is 0 Å². The Hall–Kier alpha value is -3.67. The monoisotopic (exact) mass is 364 g/mol. The summed E-state index contributed by atoms with van der Waals surface area (Å²) >= 11 is 0. The van der Waals surface area contributed by atoms with Crippen LogP contribution in [0.5, 0.6) is 11.5 Å². The number of hydrogen-bond acceptors (Lipinski definition) is 3. The second-order valence-electron chi connectivity index (χ2n) is 5.82. The third kappa shape index (κ3) is 4.92. The van der Waals surface area contributed by atoms with Gasteiger partial charge in [0.2, 0.25) is 5.91 Å². The van der Waals surface area contributed by atoms with Gasteiger partial charge in [0, 0.05) is 17.7 Å². The highest BCUT2D eigenvalue weighted by atomic mass is 19.1. The minimum Gasteiger partial charge on any atom is -0.457 e. The largest absolute Gasteiger partial charge is 0.457 e. The van der Waals surface area contributed by atoms with E-state index in [0.29, 0.717) is 29.2 Å². The van der Waals surface area contributed by atoms with Gasteiger partial charge >= 0.3 is 0 Å². The molecule has 2 amide bonds. The molecule has 0 aromatic heterocycles. The van der Waals surface area contributed by atoms with Crippen LogP contribution in [-0.2, 0) is 6.54 Å². The van der Waals surface area contributed by atoms with E-state index in [0.717, 1.165) is 5.56 Å². The fourth-order valence-electron chi connectivity index (χ4n) is 2.38. The average Bonchev–Trinajstić information content (AvgIpc) is 2.69. The molecule has 136 valence electrons. The summed E-state index contributed by atoms with van der Waals surface area (Å²) in [4.78, 5) is 23.2. The van der Waals surface area contributed by atoms with Gasteiger partial charge < -0.3 is 15.8 Å². The molecule has 0 atom stereocenters. The smallest absolute Gasteiger partial charge is 0.251 e. The van der Waals surface area contributed by atoms with Crippen molar-refractivity contribution in [2.75, 3.05) is 0 Å². The van der Waals surface area contributed by atoms with E-state index in [1.54, 1.807) is 36.4 Å². The first kappa shape index (κ1) is 18.1. The molecule has 3 N–H and O–H groups in total. The van der Waals surface area contributed by atoms with Crippen LogP contribution >= 0.6 is 0 Å². The van der Waals surface area contributed by atoms with Gasteiger partial charge in [-0.15, -0.1) is 0 Å². The zero-order valence-electron chi connectivity index (χ0n) is 14.3. The number of hydrogen-bond donors (Lipinski definition) is 2. The van der Waals surface area contributed by atoms with Gasteiger partial charge in [0.05, 0.1) is 0 Å². The molecule has 0 radical (unpaired) electrons. The van der Waals surface area contributed by atoms with Gasteiger partial charge in [-0.25, -0.2) is 4.39 Å². The Morgan fingerprint density at radius 3 is 1.89 bits per heavy atom. The van der Waals surface area contributed by atoms with Gasteiger partial charge in [0.1, 0.15) is 17.3 Å². The zero-order valence-corrected chi connectivity index (χ0v) is 14.3. The Bertz CT molecular complexity index is 937. The van der Waals surface area contributed by atoms with Crippen molar-refractivity contribution in [3.05, 3.63) is 95.3 Å². The van der Waals surface area contributed by atoms with E-state index in [1.807, 2.05) is 12.1 Å². The molecule has 0 saturated carbocycles. The maximum Gasteiger partial charge on any atom is 0.251 e.